The summed E-state index contributed by atoms with van der Waals surface area (Å²) in [6.45, 7) is 4.09. The zero-order valence-electron chi connectivity index (χ0n) is 11.3. The zero-order chi connectivity index (χ0) is 12.8. The van der Waals surface area contributed by atoms with Crippen LogP contribution in [0.4, 0.5) is 0 Å². The van der Waals surface area contributed by atoms with Gasteiger partial charge in [-0.2, -0.15) is 0 Å². The molecule has 0 aromatic heterocycles. The van der Waals surface area contributed by atoms with Crippen molar-refractivity contribution in [2.75, 3.05) is 0 Å². The van der Waals surface area contributed by atoms with Crippen LogP contribution in [0.25, 0.3) is 0 Å². The van der Waals surface area contributed by atoms with Crippen molar-refractivity contribution < 1.29 is 10.2 Å². The first kappa shape index (κ1) is 14.9. The SMILES string of the molecule is CC(C)C[C@@H](O)[C@H](O)[C@H](N)CC1CCCCC1. The molecule has 1 fully saturated rings. The second-order valence-electron chi connectivity index (χ2n) is 6.09. The lowest BCUT2D eigenvalue weighted by atomic mass is 9.83. The maximum absolute atomic E-state index is 9.99. The van der Waals surface area contributed by atoms with E-state index in [4.69, 9.17) is 5.73 Å². The Balaban J connectivity index is 2.31. The summed E-state index contributed by atoms with van der Waals surface area (Å²) in [6.07, 6.45) is 6.44. The van der Waals surface area contributed by atoms with Gasteiger partial charge in [0.05, 0.1) is 12.2 Å². The van der Waals surface area contributed by atoms with Gasteiger partial charge < -0.3 is 15.9 Å². The standard InChI is InChI=1S/C14H29NO2/c1-10(2)8-13(16)14(17)12(15)9-11-6-4-3-5-7-11/h10-14,16-17H,3-9,15H2,1-2H3/t12-,13-,14-/m1/s1. The van der Waals surface area contributed by atoms with E-state index >= 15 is 0 Å². The van der Waals surface area contributed by atoms with Crippen molar-refractivity contribution in [2.45, 2.75) is 77.0 Å². The number of aliphatic hydroxyl groups is 2. The summed E-state index contributed by atoms with van der Waals surface area (Å²) in [5, 5.41) is 19.8. The average Bonchev–Trinajstić information content (AvgIpc) is 2.28. The van der Waals surface area contributed by atoms with Gasteiger partial charge in [0.2, 0.25) is 0 Å². The highest BCUT2D eigenvalue weighted by molar-refractivity contribution is 4.82. The molecule has 0 radical (unpaired) electrons. The number of hydrogen-bond acceptors (Lipinski definition) is 3. The monoisotopic (exact) mass is 243 g/mol. The number of aliphatic hydroxyl groups excluding tert-OH is 2. The first-order valence-corrected chi connectivity index (χ1v) is 7.12. The molecule has 0 aliphatic heterocycles. The fourth-order valence-electron chi connectivity index (χ4n) is 2.85. The predicted molar refractivity (Wildman–Crippen MR) is 70.6 cm³/mol. The van der Waals surface area contributed by atoms with Gasteiger partial charge in [-0.25, -0.2) is 0 Å². The summed E-state index contributed by atoms with van der Waals surface area (Å²) in [4.78, 5) is 0. The zero-order valence-corrected chi connectivity index (χ0v) is 11.3. The van der Waals surface area contributed by atoms with E-state index in [2.05, 4.69) is 0 Å². The average molecular weight is 243 g/mol. The molecule has 0 heterocycles. The molecule has 0 aromatic carbocycles. The predicted octanol–water partition coefficient (Wildman–Crippen LogP) is 2.05. The second kappa shape index (κ2) is 7.34. The molecular formula is C14H29NO2. The third-order valence-electron chi connectivity index (χ3n) is 3.88. The molecule has 1 rings (SSSR count). The van der Waals surface area contributed by atoms with Crippen LogP contribution >= 0.6 is 0 Å². The third-order valence-corrected chi connectivity index (χ3v) is 3.88. The van der Waals surface area contributed by atoms with Crippen molar-refractivity contribution in [3.63, 3.8) is 0 Å². The van der Waals surface area contributed by atoms with Crippen molar-refractivity contribution in [3.8, 4) is 0 Å². The Morgan fingerprint density at radius 2 is 1.71 bits per heavy atom. The maximum atomic E-state index is 9.99. The molecule has 102 valence electrons. The van der Waals surface area contributed by atoms with Gasteiger partial charge in [-0.1, -0.05) is 46.0 Å². The van der Waals surface area contributed by atoms with E-state index in [1.165, 1.54) is 32.1 Å². The first-order chi connectivity index (χ1) is 8.00. The number of nitrogens with two attached hydrogens (primary N) is 1. The van der Waals surface area contributed by atoms with Gasteiger partial charge >= 0.3 is 0 Å². The summed E-state index contributed by atoms with van der Waals surface area (Å²) in [7, 11) is 0. The number of hydrogen-bond donors (Lipinski definition) is 3. The van der Waals surface area contributed by atoms with Gasteiger partial charge in [-0.05, 0) is 24.7 Å². The maximum Gasteiger partial charge on any atom is 0.0949 e. The molecule has 0 spiro atoms. The van der Waals surface area contributed by atoms with Crippen molar-refractivity contribution in [3.05, 3.63) is 0 Å². The van der Waals surface area contributed by atoms with Crippen molar-refractivity contribution in [2.24, 2.45) is 17.6 Å². The summed E-state index contributed by atoms with van der Waals surface area (Å²) in [5.74, 6) is 1.04. The highest BCUT2D eigenvalue weighted by atomic mass is 16.3. The summed E-state index contributed by atoms with van der Waals surface area (Å²) >= 11 is 0. The quantitative estimate of drug-likeness (QED) is 0.669. The minimum Gasteiger partial charge on any atom is -0.390 e. The Morgan fingerprint density at radius 3 is 2.24 bits per heavy atom. The van der Waals surface area contributed by atoms with Crippen molar-refractivity contribution >= 4 is 0 Å². The minimum absolute atomic E-state index is 0.271. The molecule has 0 aromatic rings. The smallest absolute Gasteiger partial charge is 0.0949 e. The van der Waals surface area contributed by atoms with E-state index in [0.717, 1.165) is 6.42 Å². The molecule has 4 N–H and O–H groups in total. The van der Waals surface area contributed by atoms with E-state index in [0.29, 0.717) is 18.3 Å². The van der Waals surface area contributed by atoms with Gasteiger partial charge in [-0.3, -0.25) is 0 Å². The van der Waals surface area contributed by atoms with Crippen LogP contribution < -0.4 is 5.73 Å². The van der Waals surface area contributed by atoms with Gasteiger partial charge in [0.25, 0.3) is 0 Å². The van der Waals surface area contributed by atoms with Crippen LogP contribution in [0.15, 0.2) is 0 Å². The third kappa shape index (κ3) is 5.36. The van der Waals surface area contributed by atoms with Crippen LogP contribution in [0.2, 0.25) is 0 Å². The molecule has 17 heavy (non-hydrogen) atoms. The molecule has 0 bridgehead atoms. The van der Waals surface area contributed by atoms with Crippen LogP contribution in [0.1, 0.15) is 58.8 Å². The molecule has 0 saturated heterocycles. The fraction of sp³-hybridized carbons (Fsp3) is 1.00. The second-order valence-corrected chi connectivity index (χ2v) is 6.09. The Labute approximate surface area is 105 Å². The Kier molecular flexibility index (Phi) is 6.45. The molecule has 1 saturated carbocycles. The van der Waals surface area contributed by atoms with Gasteiger partial charge in [0.1, 0.15) is 0 Å². The molecule has 3 heteroatoms. The van der Waals surface area contributed by atoms with Gasteiger partial charge in [0, 0.05) is 6.04 Å². The highest BCUT2D eigenvalue weighted by Gasteiger charge is 2.26. The Morgan fingerprint density at radius 1 is 1.12 bits per heavy atom. The van der Waals surface area contributed by atoms with Crippen LogP contribution in [-0.2, 0) is 0 Å². The van der Waals surface area contributed by atoms with Crippen molar-refractivity contribution in [1.82, 2.24) is 0 Å². The lowest BCUT2D eigenvalue weighted by Gasteiger charge is -2.29. The molecule has 0 unspecified atom stereocenters. The van der Waals surface area contributed by atoms with E-state index < -0.39 is 12.2 Å². The van der Waals surface area contributed by atoms with Crippen LogP contribution in [0.3, 0.4) is 0 Å². The lowest BCUT2D eigenvalue weighted by molar-refractivity contribution is -0.0117. The van der Waals surface area contributed by atoms with Gasteiger partial charge in [0.15, 0.2) is 0 Å². The van der Waals surface area contributed by atoms with Crippen molar-refractivity contribution in [1.29, 1.82) is 0 Å². The Hall–Kier alpha value is -0.120. The molecule has 0 amide bonds. The van der Waals surface area contributed by atoms with E-state index in [1.807, 2.05) is 13.8 Å². The normalized spacial score (nSPS) is 23.6. The molecular weight excluding hydrogens is 214 g/mol. The first-order valence-electron chi connectivity index (χ1n) is 7.12. The van der Waals surface area contributed by atoms with E-state index in [9.17, 15) is 10.2 Å². The topological polar surface area (TPSA) is 66.5 Å². The molecule has 1 aliphatic carbocycles. The summed E-state index contributed by atoms with van der Waals surface area (Å²) in [5.41, 5.74) is 6.01. The summed E-state index contributed by atoms with van der Waals surface area (Å²) in [6, 6.07) is -0.271. The lowest BCUT2D eigenvalue weighted by Crippen LogP contribution is -2.44. The van der Waals surface area contributed by atoms with Crippen LogP contribution in [-0.4, -0.2) is 28.5 Å². The minimum atomic E-state index is -0.765. The molecule has 1 aliphatic rings. The fourth-order valence-corrected chi connectivity index (χ4v) is 2.85. The van der Waals surface area contributed by atoms with Crippen LogP contribution in [0.5, 0.6) is 0 Å². The Bertz CT molecular complexity index is 202. The molecule has 3 atom stereocenters. The number of rotatable bonds is 6. The summed E-state index contributed by atoms with van der Waals surface area (Å²) < 4.78 is 0. The van der Waals surface area contributed by atoms with Gasteiger partial charge in [-0.15, -0.1) is 0 Å². The largest absolute Gasteiger partial charge is 0.390 e. The van der Waals surface area contributed by atoms with E-state index in [-0.39, 0.29) is 6.04 Å². The van der Waals surface area contributed by atoms with E-state index in [1.54, 1.807) is 0 Å². The molecule has 3 nitrogen and oxygen atoms in total. The highest BCUT2D eigenvalue weighted by Crippen LogP contribution is 2.28. The van der Waals surface area contributed by atoms with Crippen LogP contribution in [0, 0.1) is 11.8 Å².